The highest BCUT2D eigenvalue weighted by Gasteiger charge is 2.16. The van der Waals surface area contributed by atoms with Crippen molar-refractivity contribution in [2.24, 2.45) is 5.73 Å². The molecule has 0 atom stereocenters. The van der Waals surface area contributed by atoms with E-state index in [1.807, 2.05) is 13.8 Å². The molecular weight excluding hydrogens is 403 g/mol. The summed E-state index contributed by atoms with van der Waals surface area (Å²) in [5.41, 5.74) is 9.01. The smallest absolute Gasteiger partial charge is 0.240 e. The zero-order valence-corrected chi connectivity index (χ0v) is 18.2. The maximum Gasteiger partial charge on any atom is 0.240 e. The maximum atomic E-state index is 13.7. The molecule has 0 aliphatic carbocycles. The molecule has 6 nitrogen and oxygen atoms in total. The lowest BCUT2D eigenvalue weighted by Gasteiger charge is -2.10. The molecule has 0 aliphatic rings. The fourth-order valence-electron chi connectivity index (χ4n) is 2.85. The number of rotatable bonds is 8. The lowest BCUT2D eigenvalue weighted by molar-refractivity contribution is 0.517. The van der Waals surface area contributed by atoms with Crippen molar-refractivity contribution < 1.29 is 12.8 Å². The highest BCUT2D eigenvalue weighted by atomic mass is 35.5. The third kappa shape index (κ3) is 6.13. The molecule has 2 aromatic rings. The van der Waals surface area contributed by atoms with Crippen LogP contribution >= 0.6 is 12.4 Å². The Bertz CT molecular complexity index is 922. The van der Waals surface area contributed by atoms with Crippen LogP contribution in [0.2, 0.25) is 0 Å². The van der Waals surface area contributed by atoms with E-state index in [-0.39, 0.29) is 42.3 Å². The van der Waals surface area contributed by atoms with Gasteiger partial charge in [0, 0.05) is 30.3 Å². The Balaban J connectivity index is 0.00000392. The quantitative estimate of drug-likeness (QED) is 0.673. The molecule has 156 valence electrons. The van der Waals surface area contributed by atoms with Gasteiger partial charge in [-0.05, 0) is 51.5 Å². The predicted octanol–water partition coefficient (Wildman–Crippen LogP) is 3.01. The highest BCUT2D eigenvalue weighted by Crippen LogP contribution is 2.20. The Morgan fingerprint density at radius 3 is 2.43 bits per heavy atom. The van der Waals surface area contributed by atoms with Crippen molar-refractivity contribution >= 4 is 22.4 Å². The van der Waals surface area contributed by atoms with Crippen LogP contribution in [0.25, 0.3) is 0 Å². The summed E-state index contributed by atoms with van der Waals surface area (Å²) in [5, 5.41) is 4.41. The number of benzene rings is 1. The van der Waals surface area contributed by atoms with Gasteiger partial charge in [-0.15, -0.1) is 12.4 Å². The lowest BCUT2D eigenvalue weighted by Crippen LogP contribution is -2.30. The molecule has 1 heterocycles. The summed E-state index contributed by atoms with van der Waals surface area (Å²) in [6, 6.07) is 6.61. The number of nitrogens with two attached hydrogens (primary N) is 1. The zero-order chi connectivity index (χ0) is 20.2. The molecule has 1 aromatic carbocycles. The van der Waals surface area contributed by atoms with E-state index in [4.69, 9.17) is 5.73 Å². The number of nitrogens with zero attached hydrogens (tertiary/aromatic N) is 2. The second-order valence-corrected chi connectivity index (χ2v) is 8.50. The van der Waals surface area contributed by atoms with E-state index in [0.29, 0.717) is 6.42 Å². The molecule has 9 heteroatoms. The molecule has 2 rings (SSSR count). The zero-order valence-electron chi connectivity index (χ0n) is 16.6. The van der Waals surface area contributed by atoms with Gasteiger partial charge in [-0.25, -0.2) is 17.5 Å². The first-order valence-electron chi connectivity index (χ1n) is 8.82. The number of hydrogen-bond donors (Lipinski definition) is 2. The van der Waals surface area contributed by atoms with Crippen molar-refractivity contribution in [3.63, 3.8) is 0 Å². The number of sulfonamides is 1. The monoisotopic (exact) mass is 430 g/mol. The highest BCUT2D eigenvalue weighted by molar-refractivity contribution is 7.89. The predicted molar refractivity (Wildman–Crippen MR) is 112 cm³/mol. The Labute approximate surface area is 172 Å². The van der Waals surface area contributed by atoms with E-state index in [9.17, 15) is 12.8 Å². The van der Waals surface area contributed by atoms with Gasteiger partial charge in [-0.2, -0.15) is 5.10 Å². The summed E-state index contributed by atoms with van der Waals surface area (Å²) < 4.78 is 42.3. The van der Waals surface area contributed by atoms with Gasteiger partial charge in [0.25, 0.3) is 0 Å². The normalized spacial score (nSPS) is 12.3. The topological polar surface area (TPSA) is 90.0 Å². The van der Waals surface area contributed by atoms with Crippen LogP contribution in [0.1, 0.15) is 36.4 Å². The standard InChI is InChI=1S/C19H27FN4O2S.ClH/c1-13(2)23-27(25,26)18-7-5-16(6-8-18)11-19-14(3)22-24(15(19)4)12-17(20)9-10-21;/h5-9,13,23H,10-12,21H2,1-4H3;1H. The van der Waals surface area contributed by atoms with E-state index in [1.165, 1.54) is 6.08 Å². The van der Waals surface area contributed by atoms with E-state index in [2.05, 4.69) is 9.82 Å². The van der Waals surface area contributed by atoms with Crippen molar-refractivity contribution in [2.45, 2.75) is 51.6 Å². The van der Waals surface area contributed by atoms with Crippen LogP contribution in [0.3, 0.4) is 0 Å². The summed E-state index contributed by atoms with van der Waals surface area (Å²) >= 11 is 0. The Morgan fingerprint density at radius 2 is 1.89 bits per heavy atom. The molecular formula is C19H28ClFN4O2S. The molecule has 0 unspecified atom stereocenters. The van der Waals surface area contributed by atoms with Crippen molar-refractivity contribution in [3.8, 4) is 0 Å². The first-order chi connectivity index (χ1) is 12.6. The van der Waals surface area contributed by atoms with Gasteiger partial charge in [-0.1, -0.05) is 12.1 Å². The number of hydrogen-bond acceptors (Lipinski definition) is 4. The van der Waals surface area contributed by atoms with Crippen LogP contribution in [0.15, 0.2) is 41.1 Å². The number of aromatic nitrogens is 2. The van der Waals surface area contributed by atoms with Crippen LogP contribution in [0.5, 0.6) is 0 Å². The van der Waals surface area contributed by atoms with Crippen LogP contribution in [0, 0.1) is 13.8 Å². The number of allylic oxidation sites excluding steroid dienone is 1. The molecule has 0 saturated carbocycles. The first kappa shape index (κ1) is 24.3. The van der Waals surface area contributed by atoms with Crippen molar-refractivity contribution in [2.75, 3.05) is 6.54 Å². The third-order valence-corrected chi connectivity index (χ3v) is 5.85. The molecule has 0 radical (unpaired) electrons. The summed E-state index contributed by atoms with van der Waals surface area (Å²) in [6.45, 7) is 7.55. The minimum absolute atomic E-state index is 0. The van der Waals surface area contributed by atoms with Crippen LogP contribution in [-0.4, -0.2) is 30.8 Å². The van der Waals surface area contributed by atoms with E-state index in [1.54, 1.807) is 42.8 Å². The minimum Gasteiger partial charge on any atom is -0.327 e. The number of aryl methyl sites for hydroxylation is 1. The van der Waals surface area contributed by atoms with Gasteiger partial charge in [-0.3, -0.25) is 4.68 Å². The van der Waals surface area contributed by atoms with Crippen LogP contribution in [-0.2, 0) is 23.0 Å². The van der Waals surface area contributed by atoms with Gasteiger partial charge in [0.05, 0.1) is 17.1 Å². The van der Waals surface area contributed by atoms with Crippen molar-refractivity contribution in [1.29, 1.82) is 0 Å². The summed E-state index contributed by atoms with van der Waals surface area (Å²) in [5.74, 6) is -0.318. The average Bonchev–Trinajstić information content (AvgIpc) is 2.82. The van der Waals surface area contributed by atoms with E-state index < -0.39 is 10.0 Å². The largest absolute Gasteiger partial charge is 0.327 e. The summed E-state index contributed by atoms with van der Waals surface area (Å²) in [6.07, 6.45) is 1.93. The molecule has 0 amide bonds. The number of nitrogens with one attached hydrogen (secondary N) is 1. The van der Waals surface area contributed by atoms with E-state index in [0.717, 1.165) is 22.5 Å². The second-order valence-electron chi connectivity index (χ2n) is 6.79. The fraction of sp³-hybridized carbons (Fsp3) is 0.421. The van der Waals surface area contributed by atoms with Gasteiger partial charge in [0.2, 0.25) is 10.0 Å². The van der Waals surface area contributed by atoms with E-state index >= 15 is 0 Å². The van der Waals surface area contributed by atoms with Crippen LogP contribution < -0.4 is 10.5 Å². The number of halogens is 2. The maximum absolute atomic E-state index is 13.7. The summed E-state index contributed by atoms with van der Waals surface area (Å²) in [7, 11) is -3.50. The van der Waals surface area contributed by atoms with Crippen molar-refractivity contribution in [1.82, 2.24) is 14.5 Å². The average molecular weight is 431 g/mol. The molecule has 3 N–H and O–H groups in total. The van der Waals surface area contributed by atoms with Crippen LogP contribution in [0.4, 0.5) is 4.39 Å². The van der Waals surface area contributed by atoms with Gasteiger partial charge < -0.3 is 5.73 Å². The first-order valence-corrected chi connectivity index (χ1v) is 10.3. The molecule has 1 aromatic heterocycles. The second kappa shape index (κ2) is 10.2. The Hall–Kier alpha value is -1.74. The van der Waals surface area contributed by atoms with Gasteiger partial charge in [0.1, 0.15) is 5.83 Å². The molecule has 0 fully saturated rings. The Kier molecular flexibility index (Phi) is 8.81. The SMILES string of the molecule is Cc1nn(CC(F)=CCN)c(C)c1Cc1ccc(S(=O)(=O)NC(C)C)cc1.Cl. The van der Waals surface area contributed by atoms with Gasteiger partial charge in [0.15, 0.2) is 0 Å². The van der Waals surface area contributed by atoms with Gasteiger partial charge >= 0.3 is 0 Å². The third-order valence-electron chi connectivity index (χ3n) is 4.18. The minimum atomic E-state index is -3.50. The van der Waals surface area contributed by atoms with Crippen molar-refractivity contribution in [3.05, 3.63) is 58.7 Å². The molecule has 0 bridgehead atoms. The lowest BCUT2D eigenvalue weighted by atomic mass is 10.0. The summed E-state index contributed by atoms with van der Waals surface area (Å²) in [4.78, 5) is 0.234. The Morgan fingerprint density at radius 1 is 1.29 bits per heavy atom. The molecule has 0 spiro atoms. The fourth-order valence-corrected chi connectivity index (χ4v) is 4.10. The molecule has 0 saturated heterocycles. The molecule has 0 aliphatic heterocycles. The molecule has 28 heavy (non-hydrogen) atoms.